The van der Waals surface area contributed by atoms with Crippen LogP contribution in [0, 0.1) is 13.8 Å². The predicted octanol–water partition coefficient (Wildman–Crippen LogP) is 4.26. The van der Waals surface area contributed by atoms with E-state index in [1.165, 1.54) is 5.56 Å². The van der Waals surface area contributed by atoms with E-state index in [0.717, 1.165) is 55.4 Å². The summed E-state index contributed by atoms with van der Waals surface area (Å²) in [5.74, 6) is 2.72. The molecule has 0 bridgehead atoms. The number of rotatable bonds is 7. The van der Waals surface area contributed by atoms with E-state index in [2.05, 4.69) is 28.2 Å². The number of pyridine rings is 1. The van der Waals surface area contributed by atoms with Crippen LogP contribution in [0.5, 0.6) is 5.75 Å². The Hall–Kier alpha value is -3.12. The Bertz CT molecular complexity index is 971. The van der Waals surface area contributed by atoms with Crippen molar-refractivity contribution in [3.8, 4) is 5.75 Å². The Balaban J connectivity index is 1.22. The van der Waals surface area contributed by atoms with Gasteiger partial charge >= 0.3 is 0 Å². The summed E-state index contributed by atoms with van der Waals surface area (Å²) in [7, 11) is 0. The van der Waals surface area contributed by atoms with E-state index in [1.807, 2.05) is 37.3 Å². The van der Waals surface area contributed by atoms with Crippen LogP contribution in [0.4, 0.5) is 0 Å². The van der Waals surface area contributed by atoms with Crippen molar-refractivity contribution in [2.24, 2.45) is 0 Å². The Morgan fingerprint density at radius 2 is 1.94 bits per heavy atom. The van der Waals surface area contributed by atoms with Crippen LogP contribution in [-0.2, 0) is 13.1 Å². The van der Waals surface area contributed by atoms with Gasteiger partial charge in [-0.05, 0) is 74.7 Å². The van der Waals surface area contributed by atoms with Crippen molar-refractivity contribution in [3.63, 3.8) is 0 Å². The molecular weight excluding hydrogens is 390 g/mol. The van der Waals surface area contributed by atoms with Gasteiger partial charge in [0.25, 0.3) is 5.91 Å². The molecule has 3 aromatic rings. The molecule has 1 aromatic carbocycles. The Labute approximate surface area is 183 Å². The molecule has 4 rings (SSSR count). The molecule has 3 heterocycles. The van der Waals surface area contributed by atoms with E-state index in [9.17, 15) is 4.79 Å². The highest BCUT2D eigenvalue weighted by Gasteiger charge is 2.21. The van der Waals surface area contributed by atoms with Gasteiger partial charge in [0.2, 0.25) is 0 Å². The lowest BCUT2D eigenvalue weighted by Gasteiger charge is -2.31. The highest BCUT2D eigenvalue weighted by molar-refractivity contribution is 5.94. The van der Waals surface area contributed by atoms with Gasteiger partial charge in [0.05, 0.1) is 18.8 Å². The number of carbonyl (C=O) groups excluding carboxylic acids is 1. The number of aryl methyl sites for hydroxylation is 2. The number of furan rings is 1. The fraction of sp³-hybridized carbons (Fsp3) is 0.360. The number of carbonyl (C=O) groups is 1. The molecule has 1 saturated heterocycles. The third-order valence-electron chi connectivity index (χ3n) is 5.71. The summed E-state index contributed by atoms with van der Waals surface area (Å²) in [6.45, 7) is 7.32. The smallest absolute Gasteiger partial charge is 0.251 e. The Morgan fingerprint density at radius 3 is 2.58 bits per heavy atom. The number of benzene rings is 1. The molecule has 1 aliphatic heterocycles. The number of likely N-dealkylation sites (tertiary alicyclic amines) is 1. The molecule has 0 atom stereocenters. The number of nitrogens with zero attached hydrogens (tertiary/aromatic N) is 2. The quantitative estimate of drug-likeness (QED) is 0.620. The number of ether oxygens (including phenoxy) is 1. The number of hydrogen-bond acceptors (Lipinski definition) is 5. The Kier molecular flexibility index (Phi) is 6.67. The summed E-state index contributed by atoms with van der Waals surface area (Å²) < 4.78 is 12.0. The van der Waals surface area contributed by atoms with Crippen LogP contribution in [-0.4, -0.2) is 35.0 Å². The molecule has 1 amide bonds. The summed E-state index contributed by atoms with van der Waals surface area (Å²) in [6.07, 6.45) is 3.87. The van der Waals surface area contributed by atoms with Crippen molar-refractivity contribution in [1.82, 2.24) is 15.2 Å². The highest BCUT2D eigenvalue weighted by Crippen LogP contribution is 2.22. The molecule has 2 aromatic heterocycles. The SMILES string of the molecule is Cc1cc(CN2CCC(Oc3ccc(C(=O)NCc4ccccn4)cc3)CC2)oc1C. The first-order valence-electron chi connectivity index (χ1n) is 10.8. The molecular formula is C25H29N3O3. The van der Waals surface area contributed by atoms with Crippen LogP contribution < -0.4 is 10.1 Å². The fourth-order valence-corrected chi connectivity index (χ4v) is 3.79. The van der Waals surface area contributed by atoms with Gasteiger partial charge in [-0.25, -0.2) is 0 Å². The molecule has 0 radical (unpaired) electrons. The molecule has 0 aliphatic carbocycles. The molecule has 0 saturated carbocycles. The first-order valence-corrected chi connectivity index (χ1v) is 10.8. The van der Waals surface area contributed by atoms with Crippen molar-refractivity contribution in [1.29, 1.82) is 0 Å². The Morgan fingerprint density at radius 1 is 1.16 bits per heavy atom. The molecule has 0 unspecified atom stereocenters. The van der Waals surface area contributed by atoms with Crippen LogP contribution in [0.1, 0.15) is 46.0 Å². The van der Waals surface area contributed by atoms with E-state index >= 15 is 0 Å². The molecule has 6 nitrogen and oxygen atoms in total. The van der Waals surface area contributed by atoms with Crippen LogP contribution in [0.2, 0.25) is 0 Å². The van der Waals surface area contributed by atoms with E-state index in [1.54, 1.807) is 18.3 Å². The zero-order valence-electron chi connectivity index (χ0n) is 18.1. The summed E-state index contributed by atoms with van der Waals surface area (Å²) in [5.41, 5.74) is 2.66. The van der Waals surface area contributed by atoms with E-state index in [-0.39, 0.29) is 12.0 Å². The normalized spacial score (nSPS) is 15.0. The van der Waals surface area contributed by atoms with Crippen LogP contribution >= 0.6 is 0 Å². The number of nitrogens with one attached hydrogen (secondary N) is 1. The minimum absolute atomic E-state index is 0.117. The molecule has 1 fully saturated rings. The largest absolute Gasteiger partial charge is 0.490 e. The topological polar surface area (TPSA) is 67.6 Å². The van der Waals surface area contributed by atoms with Gasteiger partial charge in [-0.2, -0.15) is 0 Å². The van der Waals surface area contributed by atoms with Crippen LogP contribution in [0.15, 0.2) is 59.1 Å². The zero-order valence-corrected chi connectivity index (χ0v) is 18.1. The van der Waals surface area contributed by atoms with E-state index in [0.29, 0.717) is 12.1 Å². The summed E-state index contributed by atoms with van der Waals surface area (Å²) >= 11 is 0. The van der Waals surface area contributed by atoms with Crippen molar-refractivity contribution >= 4 is 5.91 Å². The van der Waals surface area contributed by atoms with Crippen LogP contribution in [0.3, 0.4) is 0 Å². The van der Waals surface area contributed by atoms with Crippen molar-refractivity contribution < 1.29 is 13.9 Å². The van der Waals surface area contributed by atoms with Gasteiger partial charge in [-0.1, -0.05) is 6.07 Å². The van der Waals surface area contributed by atoms with Gasteiger partial charge in [0.1, 0.15) is 23.4 Å². The standard InChI is InChI=1S/C25H29N3O3/c1-18-15-24(30-19(18)2)17-28-13-10-23(11-14-28)31-22-8-6-20(7-9-22)25(29)27-16-21-5-3-4-12-26-21/h3-9,12,15,23H,10-11,13-14,16-17H2,1-2H3,(H,27,29). The third-order valence-corrected chi connectivity index (χ3v) is 5.71. The van der Waals surface area contributed by atoms with E-state index < -0.39 is 0 Å². The second-order valence-corrected chi connectivity index (χ2v) is 8.07. The van der Waals surface area contributed by atoms with Gasteiger partial charge in [-0.3, -0.25) is 14.7 Å². The maximum absolute atomic E-state index is 12.3. The monoisotopic (exact) mass is 419 g/mol. The van der Waals surface area contributed by atoms with Crippen molar-refractivity contribution in [2.75, 3.05) is 13.1 Å². The molecule has 162 valence electrons. The first-order chi connectivity index (χ1) is 15.1. The lowest BCUT2D eigenvalue weighted by atomic mass is 10.1. The summed E-state index contributed by atoms with van der Waals surface area (Å²) in [5, 5.41) is 2.89. The molecule has 1 N–H and O–H groups in total. The lowest BCUT2D eigenvalue weighted by Crippen LogP contribution is -2.37. The van der Waals surface area contributed by atoms with Crippen molar-refractivity contribution in [3.05, 3.63) is 83.1 Å². The van der Waals surface area contributed by atoms with Gasteiger partial charge < -0.3 is 14.5 Å². The van der Waals surface area contributed by atoms with E-state index in [4.69, 9.17) is 9.15 Å². The summed E-state index contributed by atoms with van der Waals surface area (Å²) in [6, 6.07) is 15.1. The van der Waals surface area contributed by atoms with Crippen molar-refractivity contribution in [2.45, 2.75) is 45.9 Å². The molecule has 6 heteroatoms. The minimum Gasteiger partial charge on any atom is -0.490 e. The number of hydrogen-bond donors (Lipinski definition) is 1. The molecule has 31 heavy (non-hydrogen) atoms. The van der Waals surface area contributed by atoms with Gasteiger partial charge in [0.15, 0.2) is 0 Å². The summed E-state index contributed by atoms with van der Waals surface area (Å²) in [4.78, 5) is 19.0. The predicted molar refractivity (Wildman–Crippen MR) is 119 cm³/mol. The number of aromatic nitrogens is 1. The van der Waals surface area contributed by atoms with Crippen LogP contribution in [0.25, 0.3) is 0 Å². The van der Waals surface area contributed by atoms with Gasteiger partial charge in [0, 0.05) is 24.8 Å². The molecule has 0 spiro atoms. The second kappa shape index (κ2) is 9.79. The molecule has 1 aliphatic rings. The maximum Gasteiger partial charge on any atom is 0.251 e. The average Bonchev–Trinajstić information content (AvgIpc) is 3.11. The first kappa shape index (κ1) is 21.1. The number of amides is 1. The second-order valence-electron chi connectivity index (χ2n) is 8.07. The highest BCUT2D eigenvalue weighted by atomic mass is 16.5. The van der Waals surface area contributed by atoms with Gasteiger partial charge in [-0.15, -0.1) is 0 Å². The fourth-order valence-electron chi connectivity index (χ4n) is 3.79. The minimum atomic E-state index is -0.117. The third kappa shape index (κ3) is 5.73. The average molecular weight is 420 g/mol. The maximum atomic E-state index is 12.3. The zero-order chi connectivity index (χ0) is 21.6. The number of piperidine rings is 1. The lowest BCUT2D eigenvalue weighted by molar-refractivity contribution is 0.0925.